The fourth-order valence-electron chi connectivity index (χ4n) is 3.14. The molecule has 28 heavy (non-hydrogen) atoms. The van der Waals surface area contributed by atoms with Gasteiger partial charge in [-0.05, 0) is 42.8 Å². The molecule has 0 spiro atoms. The van der Waals surface area contributed by atoms with E-state index in [4.69, 9.17) is 12.2 Å². The van der Waals surface area contributed by atoms with Crippen LogP contribution < -0.4 is 10.7 Å². The van der Waals surface area contributed by atoms with Crippen molar-refractivity contribution in [3.05, 3.63) is 53.6 Å². The molecule has 1 aliphatic rings. The zero-order valence-corrected chi connectivity index (χ0v) is 16.2. The first-order valence-electron chi connectivity index (χ1n) is 9.12. The molecule has 0 bridgehead atoms. The molecule has 0 saturated carbocycles. The average Bonchev–Trinajstić information content (AvgIpc) is 2.70. The van der Waals surface area contributed by atoms with Crippen LogP contribution in [0.5, 0.6) is 17.2 Å². The molecular weight excluding hydrogens is 376 g/mol. The van der Waals surface area contributed by atoms with E-state index >= 15 is 0 Å². The van der Waals surface area contributed by atoms with Crippen LogP contribution in [-0.4, -0.2) is 50.7 Å². The number of aromatic hydroxyl groups is 3. The molecule has 0 aliphatic carbocycles. The molecule has 5 N–H and O–H groups in total. The number of benzene rings is 2. The van der Waals surface area contributed by atoms with Gasteiger partial charge < -0.3 is 20.6 Å². The van der Waals surface area contributed by atoms with Crippen LogP contribution >= 0.6 is 12.2 Å². The van der Waals surface area contributed by atoms with Gasteiger partial charge in [0.2, 0.25) is 5.75 Å². The van der Waals surface area contributed by atoms with Gasteiger partial charge in [0.15, 0.2) is 16.6 Å². The molecule has 1 aliphatic heterocycles. The second kappa shape index (κ2) is 9.38. The molecule has 0 aromatic heterocycles. The van der Waals surface area contributed by atoms with E-state index in [1.165, 1.54) is 23.9 Å². The highest BCUT2D eigenvalue weighted by Gasteiger charge is 2.19. The maximum atomic E-state index is 9.75. The van der Waals surface area contributed by atoms with E-state index < -0.39 is 17.2 Å². The van der Waals surface area contributed by atoms with Crippen molar-refractivity contribution in [2.45, 2.75) is 25.4 Å². The van der Waals surface area contributed by atoms with Crippen LogP contribution in [0.2, 0.25) is 0 Å². The Morgan fingerprint density at radius 2 is 1.79 bits per heavy atom. The SMILES string of the molecule is Oc1ccc(/C=N/NC(=S)NC2CCN(Cc3ccccc3)CC2)c(O)c1O. The number of hydrogen-bond donors (Lipinski definition) is 5. The van der Waals surface area contributed by atoms with E-state index in [2.05, 4.69) is 45.0 Å². The van der Waals surface area contributed by atoms with Crippen molar-refractivity contribution in [3.8, 4) is 17.2 Å². The summed E-state index contributed by atoms with van der Waals surface area (Å²) in [6.45, 7) is 2.96. The summed E-state index contributed by atoms with van der Waals surface area (Å²) in [5.74, 6) is -1.40. The van der Waals surface area contributed by atoms with Crippen LogP contribution in [0, 0.1) is 0 Å². The number of nitrogens with zero attached hydrogens (tertiary/aromatic N) is 2. The van der Waals surface area contributed by atoms with Crippen molar-refractivity contribution in [1.29, 1.82) is 0 Å². The summed E-state index contributed by atoms with van der Waals surface area (Å²) in [4.78, 5) is 2.43. The smallest absolute Gasteiger partial charge is 0.200 e. The number of piperidine rings is 1. The van der Waals surface area contributed by atoms with Gasteiger partial charge >= 0.3 is 0 Å². The minimum absolute atomic E-state index is 0.264. The molecule has 1 heterocycles. The molecule has 0 amide bonds. The normalized spacial score (nSPS) is 15.6. The van der Waals surface area contributed by atoms with Crippen LogP contribution in [-0.2, 0) is 6.54 Å². The van der Waals surface area contributed by atoms with Crippen LogP contribution in [0.3, 0.4) is 0 Å². The number of thiocarbonyl (C=S) groups is 1. The topological polar surface area (TPSA) is 100 Å². The molecule has 2 aromatic rings. The summed E-state index contributed by atoms with van der Waals surface area (Å²) >= 11 is 5.26. The summed E-state index contributed by atoms with van der Waals surface area (Å²) in [5.41, 5.74) is 4.30. The lowest BCUT2D eigenvalue weighted by Crippen LogP contribution is -2.46. The quantitative estimate of drug-likeness (QED) is 0.227. The van der Waals surface area contributed by atoms with Crippen LogP contribution in [0.1, 0.15) is 24.0 Å². The lowest BCUT2D eigenvalue weighted by molar-refractivity contribution is 0.199. The second-order valence-electron chi connectivity index (χ2n) is 6.75. The third-order valence-corrected chi connectivity index (χ3v) is 4.91. The van der Waals surface area contributed by atoms with Gasteiger partial charge in [-0.3, -0.25) is 10.3 Å². The lowest BCUT2D eigenvalue weighted by atomic mass is 10.0. The number of hydrogen-bond acceptors (Lipinski definition) is 6. The number of likely N-dealkylation sites (tertiary alicyclic amines) is 1. The number of phenolic OH excluding ortho intramolecular Hbond substituents is 3. The molecule has 0 atom stereocenters. The molecule has 3 rings (SSSR count). The fourth-order valence-corrected chi connectivity index (χ4v) is 3.36. The van der Waals surface area contributed by atoms with Gasteiger partial charge in [0.05, 0.1) is 6.21 Å². The van der Waals surface area contributed by atoms with Crippen molar-refractivity contribution >= 4 is 23.5 Å². The Balaban J connectivity index is 1.42. The number of hydrazone groups is 1. The largest absolute Gasteiger partial charge is 0.504 e. The monoisotopic (exact) mass is 400 g/mol. The molecule has 2 aromatic carbocycles. The van der Waals surface area contributed by atoms with Crippen molar-refractivity contribution in [2.24, 2.45) is 5.10 Å². The molecule has 1 saturated heterocycles. The van der Waals surface area contributed by atoms with Crippen molar-refractivity contribution in [2.75, 3.05) is 13.1 Å². The van der Waals surface area contributed by atoms with Crippen LogP contribution in [0.25, 0.3) is 0 Å². The Bertz CT molecular complexity index is 837. The van der Waals surface area contributed by atoms with Gasteiger partial charge in [-0.15, -0.1) is 0 Å². The Labute approximate surface area is 169 Å². The van der Waals surface area contributed by atoms with E-state index in [0.717, 1.165) is 32.5 Å². The first-order valence-corrected chi connectivity index (χ1v) is 9.53. The second-order valence-corrected chi connectivity index (χ2v) is 7.16. The van der Waals surface area contributed by atoms with Gasteiger partial charge in [0.1, 0.15) is 0 Å². The van der Waals surface area contributed by atoms with Crippen LogP contribution in [0.15, 0.2) is 47.6 Å². The Hall–Kier alpha value is -2.84. The summed E-state index contributed by atoms with van der Waals surface area (Å²) in [6, 6.07) is 13.4. The standard InChI is InChI=1S/C20H24N4O3S/c25-17-7-6-15(18(26)19(17)27)12-21-23-20(28)22-16-8-10-24(11-9-16)13-14-4-2-1-3-5-14/h1-7,12,16,25-27H,8-11,13H2,(H2,22,23,28)/b21-12+. The highest BCUT2D eigenvalue weighted by Crippen LogP contribution is 2.36. The Morgan fingerprint density at radius 1 is 1.07 bits per heavy atom. The fraction of sp³-hybridized carbons (Fsp3) is 0.300. The Kier molecular flexibility index (Phi) is 6.67. The third-order valence-electron chi connectivity index (χ3n) is 4.70. The van der Waals surface area contributed by atoms with E-state index in [9.17, 15) is 15.3 Å². The molecule has 0 unspecified atom stereocenters. The zero-order chi connectivity index (χ0) is 19.9. The average molecular weight is 401 g/mol. The highest BCUT2D eigenvalue weighted by molar-refractivity contribution is 7.80. The number of nitrogens with one attached hydrogen (secondary N) is 2. The molecular formula is C20H24N4O3S. The molecule has 1 fully saturated rings. The van der Waals surface area contributed by atoms with Gasteiger partial charge in [0, 0.05) is 31.2 Å². The predicted octanol–water partition coefficient (Wildman–Crippen LogP) is 2.27. The first-order chi connectivity index (χ1) is 13.5. The van der Waals surface area contributed by atoms with Crippen LogP contribution in [0.4, 0.5) is 0 Å². The zero-order valence-electron chi connectivity index (χ0n) is 15.4. The minimum Gasteiger partial charge on any atom is -0.504 e. The Morgan fingerprint density at radius 3 is 2.50 bits per heavy atom. The van der Waals surface area contributed by atoms with Crippen molar-refractivity contribution in [1.82, 2.24) is 15.6 Å². The maximum Gasteiger partial charge on any atom is 0.200 e. The minimum atomic E-state index is -0.577. The maximum absolute atomic E-state index is 9.75. The van der Waals surface area contributed by atoms with Gasteiger partial charge in [0.25, 0.3) is 0 Å². The summed E-state index contributed by atoms with van der Waals surface area (Å²) in [7, 11) is 0. The van der Waals surface area contributed by atoms with Crippen molar-refractivity contribution in [3.63, 3.8) is 0 Å². The molecule has 0 radical (unpaired) electrons. The third kappa shape index (κ3) is 5.34. The summed E-state index contributed by atoms with van der Waals surface area (Å²) in [6.07, 6.45) is 3.31. The van der Waals surface area contributed by atoms with Gasteiger partial charge in [-0.2, -0.15) is 5.10 Å². The molecule has 148 valence electrons. The van der Waals surface area contributed by atoms with E-state index in [1.807, 2.05) is 6.07 Å². The summed E-state index contributed by atoms with van der Waals surface area (Å²) < 4.78 is 0. The summed E-state index contributed by atoms with van der Waals surface area (Å²) in [5, 5.41) is 36.2. The molecule has 8 heteroatoms. The number of rotatable bonds is 5. The number of phenols is 3. The van der Waals surface area contributed by atoms with E-state index in [-0.39, 0.29) is 11.6 Å². The molecule has 7 nitrogen and oxygen atoms in total. The first kappa shape index (κ1) is 19.9. The highest BCUT2D eigenvalue weighted by atomic mass is 32.1. The van der Waals surface area contributed by atoms with E-state index in [1.54, 1.807) is 0 Å². The van der Waals surface area contributed by atoms with Gasteiger partial charge in [-0.1, -0.05) is 30.3 Å². The van der Waals surface area contributed by atoms with Gasteiger partial charge in [-0.25, -0.2) is 0 Å². The van der Waals surface area contributed by atoms with E-state index in [0.29, 0.717) is 5.11 Å². The van der Waals surface area contributed by atoms with Crippen molar-refractivity contribution < 1.29 is 15.3 Å². The lowest BCUT2D eigenvalue weighted by Gasteiger charge is -2.32. The predicted molar refractivity (Wildman–Crippen MR) is 113 cm³/mol.